The molecule has 0 aliphatic carbocycles. The Bertz CT molecular complexity index is 1900. The molecule has 2 aliphatic rings. The predicted octanol–water partition coefficient (Wildman–Crippen LogP) is 5.65. The molecule has 2 aromatic carbocycles. The molecule has 0 radical (unpaired) electrons. The summed E-state index contributed by atoms with van der Waals surface area (Å²) in [4.78, 5) is 21.5. The fourth-order valence-electron chi connectivity index (χ4n) is 6.97. The minimum absolute atomic E-state index is 0.173. The van der Waals surface area contributed by atoms with Crippen LogP contribution in [0, 0.1) is 49.8 Å². The smallest absolute Gasteiger partial charge is 0.298 e. The van der Waals surface area contributed by atoms with Gasteiger partial charge in [0.05, 0.1) is 18.5 Å². The van der Waals surface area contributed by atoms with Crippen molar-refractivity contribution in [2.45, 2.75) is 77.9 Å². The average Bonchev–Trinajstić information content (AvgIpc) is 3.65. The van der Waals surface area contributed by atoms with Crippen molar-refractivity contribution in [2.75, 3.05) is 26.7 Å². The van der Waals surface area contributed by atoms with Crippen LogP contribution in [-0.4, -0.2) is 74.5 Å². The summed E-state index contributed by atoms with van der Waals surface area (Å²) in [6, 6.07) is 9.87. The Balaban J connectivity index is 1.51. The number of aryl methyl sites for hydroxylation is 2. The number of likely N-dealkylation sites (tertiary alicyclic amines) is 2. The van der Waals surface area contributed by atoms with E-state index in [4.69, 9.17) is 9.72 Å². The molecule has 4 aromatic rings. The zero-order chi connectivity index (χ0) is 31.8. The number of nitrogens with zero attached hydrogens (tertiary/aromatic N) is 7. The van der Waals surface area contributed by atoms with Crippen molar-refractivity contribution in [3.05, 3.63) is 46.8 Å². The number of benzene rings is 2. The number of hydrogen-bond donors (Lipinski definition) is 0. The van der Waals surface area contributed by atoms with Gasteiger partial charge in [-0.25, -0.2) is 14.1 Å². The molecular weight excluding hydrogens is 569 g/mol. The zero-order valence-corrected chi connectivity index (χ0v) is 26.5. The molecule has 0 N–H and O–H groups in total. The quantitative estimate of drug-likeness (QED) is 0.261. The molecule has 0 spiro atoms. The van der Waals surface area contributed by atoms with Gasteiger partial charge in [-0.2, -0.15) is 5.26 Å². The Hall–Kier alpha value is -4.54. The van der Waals surface area contributed by atoms with E-state index in [1.807, 2.05) is 49.7 Å². The lowest BCUT2D eigenvalue weighted by Crippen LogP contribution is -2.46. The van der Waals surface area contributed by atoms with E-state index in [1.165, 1.54) is 0 Å². The van der Waals surface area contributed by atoms with E-state index in [9.17, 15) is 10.1 Å². The van der Waals surface area contributed by atoms with Gasteiger partial charge in [0.2, 0.25) is 5.88 Å². The molecule has 2 saturated heterocycles. The number of ether oxygens (including phenoxy) is 1. The molecule has 0 saturated carbocycles. The predicted molar refractivity (Wildman–Crippen MR) is 171 cm³/mol. The van der Waals surface area contributed by atoms with Crippen LogP contribution in [-0.2, 0) is 4.79 Å². The lowest BCUT2D eigenvalue weighted by molar-refractivity contribution is -0.129. The second kappa shape index (κ2) is 12.5. The molecule has 0 bridgehead atoms. The maximum atomic E-state index is 16.8. The molecule has 232 valence electrons. The van der Waals surface area contributed by atoms with Crippen molar-refractivity contribution in [1.82, 2.24) is 29.8 Å². The van der Waals surface area contributed by atoms with E-state index in [0.717, 1.165) is 41.6 Å². The summed E-state index contributed by atoms with van der Waals surface area (Å²) in [6.45, 7) is 9.43. The Morgan fingerprint density at radius 2 is 1.96 bits per heavy atom. The molecule has 2 fully saturated rings. The van der Waals surface area contributed by atoms with Gasteiger partial charge in [0.25, 0.3) is 5.91 Å². The summed E-state index contributed by atoms with van der Waals surface area (Å²) in [6.07, 6.45) is 3.39. The standard InChI is InChI=1S/C35H38FN7O2/c1-6-9-29(44)42-17-14-25(19-24(42)13-15-37)43-34-28-18-22(3)30(27-12-7-10-21(2)23(27)4)31(36)32(28)38-35(33(34)39-40-43)45-20-26-11-8-16-41(26)5/h7,10,12,18,24-26H,8,11,13-14,16-17,19-20H2,1-5H3/t24-,25+,26+/m1/s1. The number of hydrogen-bond acceptors (Lipinski definition) is 7. The monoisotopic (exact) mass is 607 g/mol. The number of pyridine rings is 1. The highest BCUT2D eigenvalue weighted by Gasteiger charge is 2.34. The molecular formula is C35H38FN7O2. The van der Waals surface area contributed by atoms with E-state index in [2.05, 4.69) is 40.2 Å². The minimum atomic E-state index is -0.405. The SMILES string of the molecule is CC#CC(=O)N1CC[C@H](n2nnc3c(OC[C@@H]4CCCN4C)nc4c(F)c(-c5cccc(C)c5C)c(C)cc4c32)C[C@H]1CC#N. The van der Waals surface area contributed by atoms with Crippen molar-refractivity contribution < 1.29 is 13.9 Å². The number of aromatic nitrogens is 4. The maximum Gasteiger partial charge on any atom is 0.298 e. The Morgan fingerprint density at radius 3 is 2.69 bits per heavy atom. The largest absolute Gasteiger partial charge is 0.474 e. The van der Waals surface area contributed by atoms with Gasteiger partial charge in [-0.1, -0.05) is 29.3 Å². The molecule has 6 rings (SSSR count). The molecule has 3 atom stereocenters. The molecule has 9 nitrogen and oxygen atoms in total. The van der Waals surface area contributed by atoms with Crippen LogP contribution < -0.4 is 4.74 Å². The van der Waals surface area contributed by atoms with Crippen molar-refractivity contribution in [1.29, 1.82) is 5.26 Å². The van der Waals surface area contributed by atoms with Crippen molar-refractivity contribution in [3.8, 4) is 34.9 Å². The lowest BCUT2D eigenvalue weighted by atomic mass is 9.92. The van der Waals surface area contributed by atoms with E-state index in [-0.39, 0.29) is 41.9 Å². The van der Waals surface area contributed by atoms with E-state index < -0.39 is 5.82 Å². The van der Waals surface area contributed by atoms with E-state index in [0.29, 0.717) is 48.0 Å². The van der Waals surface area contributed by atoms with Gasteiger partial charge in [0.1, 0.15) is 17.6 Å². The van der Waals surface area contributed by atoms with Gasteiger partial charge in [0, 0.05) is 29.6 Å². The van der Waals surface area contributed by atoms with Crippen LogP contribution in [0.5, 0.6) is 5.88 Å². The highest BCUT2D eigenvalue weighted by atomic mass is 19.1. The number of piperidine rings is 1. The number of nitriles is 1. The normalized spacial score (nSPS) is 20.3. The first kappa shape index (κ1) is 30.5. The Kier molecular flexibility index (Phi) is 8.44. The lowest BCUT2D eigenvalue weighted by Gasteiger charge is -2.37. The topological polar surface area (TPSA) is 100 Å². The van der Waals surface area contributed by atoms with Gasteiger partial charge >= 0.3 is 0 Å². The van der Waals surface area contributed by atoms with Gasteiger partial charge < -0.3 is 14.5 Å². The number of amides is 1. The third-order valence-corrected chi connectivity index (χ3v) is 9.61. The third-order valence-electron chi connectivity index (χ3n) is 9.61. The highest BCUT2D eigenvalue weighted by Crippen LogP contribution is 2.40. The van der Waals surface area contributed by atoms with Crippen LogP contribution in [0.25, 0.3) is 33.1 Å². The van der Waals surface area contributed by atoms with Gasteiger partial charge in [-0.15, -0.1) is 5.10 Å². The van der Waals surface area contributed by atoms with Crippen LogP contribution in [0.2, 0.25) is 0 Å². The fraction of sp³-hybridized carbons (Fsp3) is 0.457. The average molecular weight is 608 g/mol. The van der Waals surface area contributed by atoms with Crippen molar-refractivity contribution in [2.24, 2.45) is 0 Å². The summed E-state index contributed by atoms with van der Waals surface area (Å²) in [5, 5.41) is 19.3. The number of rotatable bonds is 6. The Morgan fingerprint density at radius 1 is 1.13 bits per heavy atom. The first-order valence-electron chi connectivity index (χ1n) is 15.6. The zero-order valence-electron chi connectivity index (χ0n) is 26.5. The summed E-state index contributed by atoms with van der Waals surface area (Å²) >= 11 is 0. The number of fused-ring (bicyclic) bond motifs is 3. The van der Waals surface area contributed by atoms with Gasteiger partial charge in [0.15, 0.2) is 11.3 Å². The maximum absolute atomic E-state index is 16.8. The van der Waals surface area contributed by atoms with Crippen molar-refractivity contribution in [3.63, 3.8) is 0 Å². The molecule has 0 unspecified atom stereocenters. The molecule has 4 heterocycles. The Labute approximate surface area is 263 Å². The van der Waals surface area contributed by atoms with Crippen LogP contribution in [0.1, 0.15) is 61.8 Å². The molecule has 2 aromatic heterocycles. The number of carbonyl (C=O) groups excluding carboxylic acids is 1. The second-order valence-corrected chi connectivity index (χ2v) is 12.3. The van der Waals surface area contributed by atoms with Crippen molar-refractivity contribution >= 4 is 27.8 Å². The van der Waals surface area contributed by atoms with Crippen LogP contribution >= 0.6 is 0 Å². The van der Waals surface area contributed by atoms with Crippen LogP contribution in [0.3, 0.4) is 0 Å². The first-order valence-corrected chi connectivity index (χ1v) is 15.6. The van der Waals surface area contributed by atoms with Crippen LogP contribution in [0.15, 0.2) is 24.3 Å². The molecule has 1 amide bonds. The number of likely N-dealkylation sites (N-methyl/N-ethyl adjacent to an activating group) is 1. The fourth-order valence-corrected chi connectivity index (χ4v) is 6.97. The summed E-state index contributed by atoms with van der Waals surface area (Å²) < 4.78 is 25.0. The van der Waals surface area contributed by atoms with Gasteiger partial charge in [-0.05, 0) is 101 Å². The summed E-state index contributed by atoms with van der Waals surface area (Å²) in [7, 11) is 2.08. The molecule has 10 heteroatoms. The summed E-state index contributed by atoms with van der Waals surface area (Å²) in [5.41, 5.74) is 5.59. The van der Waals surface area contributed by atoms with E-state index in [1.54, 1.807) is 11.8 Å². The first-order chi connectivity index (χ1) is 21.7. The third kappa shape index (κ3) is 5.49. The second-order valence-electron chi connectivity index (χ2n) is 12.3. The van der Waals surface area contributed by atoms with Gasteiger partial charge in [-0.3, -0.25) is 4.79 Å². The van der Waals surface area contributed by atoms with E-state index >= 15 is 4.39 Å². The van der Waals surface area contributed by atoms with Crippen LogP contribution in [0.4, 0.5) is 4.39 Å². The summed E-state index contributed by atoms with van der Waals surface area (Å²) in [5.74, 6) is 4.87. The molecule has 45 heavy (non-hydrogen) atoms. The molecule has 2 aliphatic heterocycles. The number of carbonyl (C=O) groups is 1. The minimum Gasteiger partial charge on any atom is -0.474 e. The number of halogens is 1. The highest BCUT2D eigenvalue weighted by molar-refractivity contribution is 6.06.